The average molecular weight is 291 g/mol. The van der Waals surface area contributed by atoms with Crippen molar-refractivity contribution in [2.75, 3.05) is 20.3 Å². The van der Waals surface area contributed by atoms with Gasteiger partial charge in [-0.05, 0) is 31.5 Å². The minimum atomic E-state index is -4.66. The van der Waals surface area contributed by atoms with Crippen LogP contribution in [0.1, 0.15) is 19.4 Å². The lowest BCUT2D eigenvalue weighted by molar-refractivity contribution is -0.274. The molecule has 0 radical (unpaired) electrons. The van der Waals surface area contributed by atoms with Crippen LogP contribution in [-0.2, 0) is 11.3 Å². The summed E-state index contributed by atoms with van der Waals surface area (Å²) in [7, 11) is 1.62. The first-order chi connectivity index (χ1) is 9.31. The number of nitrogens with zero attached hydrogens (tertiary/aromatic N) is 1. The molecule has 0 saturated carbocycles. The molecule has 0 atom stereocenters. The van der Waals surface area contributed by atoms with E-state index in [0.717, 1.165) is 12.1 Å². The number of hydrogen-bond acceptors (Lipinski definition) is 3. The van der Waals surface area contributed by atoms with Gasteiger partial charge in [-0.2, -0.15) is 0 Å². The van der Waals surface area contributed by atoms with E-state index in [2.05, 4.69) is 9.64 Å². The number of ether oxygens (including phenoxy) is 2. The maximum Gasteiger partial charge on any atom is 0.573 e. The van der Waals surface area contributed by atoms with Gasteiger partial charge in [-0.25, -0.2) is 0 Å². The van der Waals surface area contributed by atoms with Crippen LogP contribution in [0.4, 0.5) is 13.2 Å². The highest BCUT2D eigenvalue weighted by atomic mass is 19.4. The quantitative estimate of drug-likeness (QED) is 0.768. The lowest BCUT2D eigenvalue weighted by atomic mass is 10.2. The van der Waals surface area contributed by atoms with E-state index in [1.165, 1.54) is 12.1 Å². The Morgan fingerprint density at radius 3 is 2.50 bits per heavy atom. The summed E-state index contributed by atoms with van der Waals surface area (Å²) < 4.78 is 45.5. The molecule has 0 aliphatic heterocycles. The molecule has 0 spiro atoms. The number of rotatable bonds is 7. The molecule has 0 aliphatic rings. The van der Waals surface area contributed by atoms with Crippen LogP contribution in [0.3, 0.4) is 0 Å². The van der Waals surface area contributed by atoms with Crippen molar-refractivity contribution in [1.82, 2.24) is 4.90 Å². The van der Waals surface area contributed by atoms with E-state index >= 15 is 0 Å². The third-order valence-electron chi connectivity index (χ3n) is 2.83. The summed E-state index contributed by atoms with van der Waals surface area (Å²) in [4.78, 5) is 2.12. The summed E-state index contributed by atoms with van der Waals surface area (Å²) >= 11 is 0. The van der Waals surface area contributed by atoms with Gasteiger partial charge in [0.2, 0.25) is 0 Å². The van der Waals surface area contributed by atoms with E-state index in [1.807, 2.05) is 13.8 Å². The molecular weight excluding hydrogens is 271 g/mol. The first-order valence-corrected chi connectivity index (χ1v) is 6.39. The topological polar surface area (TPSA) is 21.7 Å². The van der Waals surface area contributed by atoms with Crippen molar-refractivity contribution in [3.63, 3.8) is 0 Å². The van der Waals surface area contributed by atoms with Gasteiger partial charge >= 0.3 is 6.36 Å². The van der Waals surface area contributed by atoms with Crippen molar-refractivity contribution in [3.8, 4) is 5.75 Å². The molecule has 114 valence electrons. The number of alkyl halides is 3. The van der Waals surface area contributed by atoms with E-state index in [-0.39, 0.29) is 11.8 Å². The van der Waals surface area contributed by atoms with Crippen molar-refractivity contribution in [2.24, 2.45) is 0 Å². The van der Waals surface area contributed by atoms with Gasteiger partial charge in [-0.3, -0.25) is 4.90 Å². The summed E-state index contributed by atoms with van der Waals surface area (Å²) in [6.45, 7) is 5.92. The van der Waals surface area contributed by atoms with Crippen LogP contribution in [0.15, 0.2) is 24.3 Å². The van der Waals surface area contributed by atoms with Crippen molar-refractivity contribution < 1.29 is 22.6 Å². The van der Waals surface area contributed by atoms with Gasteiger partial charge in [0.15, 0.2) is 0 Å². The molecule has 3 nitrogen and oxygen atoms in total. The summed E-state index contributed by atoms with van der Waals surface area (Å²) in [5, 5.41) is 0. The number of hydrogen-bond donors (Lipinski definition) is 0. The molecule has 0 saturated heterocycles. The third kappa shape index (κ3) is 6.25. The maximum atomic E-state index is 12.2. The van der Waals surface area contributed by atoms with Gasteiger partial charge in [0, 0.05) is 26.2 Å². The van der Waals surface area contributed by atoms with E-state index in [4.69, 9.17) is 4.74 Å². The Kier molecular flexibility index (Phi) is 6.29. The third-order valence-corrected chi connectivity index (χ3v) is 2.83. The molecule has 0 unspecified atom stereocenters. The second kappa shape index (κ2) is 7.50. The highest BCUT2D eigenvalue weighted by molar-refractivity contribution is 5.28. The smallest absolute Gasteiger partial charge is 0.406 e. The SMILES string of the molecule is COCCN(Cc1cccc(OC(F)(F)F)c1)C(C)C. The predicted octanol–water partition coefficient (Wildman–Crippen LogP) is 3.44. The molecule has 0 N–H and O–H groups in total. The second-order valence-corrected chi connectivity index (χ2v) is 4.75. The fraction of sp³-hybridized carbons (Fsp3) is 0.571. The maximum absolute atomic E-state index is 12.2. The molecule has 0 fully saturated rings. The van der Waals surface area contributed by atoms with Crippen LogP contribution in [0, 0.1) is 0 Å². The van der Waals surface area contributed by atoms with Crippen LogP contribution in [0.25, 0.3) is 0 Å². The van der Waals surface area contributed by atoms with Crippen molar-refractivity contribution in [3.05, 3.63) is 29.8 Å². The normalized spacial score (nSPS) is 12.2. The van der Waals surface area contributed by atoms with Gasteiger partial charge in [0.05, 0.1) is 6.61 Å². The molecular formula is C14H20F3NO2. The molecule has 0 heterocycles. The first-order valence-electron chi connectivity index (χ1n) is 6.39. The minimum absolute atomic E-state index is 0.189. The minimum Gasteiger partial charge on any atom is -0.406 e. The molecule has 0 bridgehead atoms. The largest absolute Gasteiger partial charge is 0.573 e. The molecule has 6 heteroatoms. The number of halogens is 3. The second-order valence-electron chi connectivity index (χ2n) is 4.75. The molecule has 20 heavy (non-hydrogen) atoms. The fourth-order valence-electron chi connectivity index (χ4n) is 1.80. The van der Waals surface area contributed by atoms with Crippen LogP contribution in [0.2, 0.25) is 0 Å². The van der Waals surface area contributed by atoms with Crippen molar-refractivity contribution in [2.45, 2.75) is 32.8 Å². The van der Waals surface area contributed by atoms with Crippen LogP contribution >= 0.6 is 0 Å². The van der Waals surface area contributed by atoms with Gasteiger partial charge < -0.3 is 9.47 Å². The summed E-state index contributed by atoms with van der Waals surface area (Å²) in [5.41, 5.74) is 0.775. The summed E-state index contributed by atoms with van der Waals surface area (Å²) in [5.74, 6) is -0.189. The van der Waals surface area contributed by atoms with Crippen molar-refractivity contribution >= 4 is 0 Å². The fourth-order valence-corrected chi connectivity index (χ4v) is 1.80. The highest BCUT2D eigenvalue weighted by Gasteiger charge is 2.31. The molecule has 0 aromatic heterocycles. The van der Waals surface area contributed by atoms with Crippen LogP contribution < -0.4 is 4.74 Å². The first kappa shape index (κ1) is 16.8. The number of methoxy groups -OCH3 is 1. The Morgan fingerprint density at radius 2 is 1.95 bits per heavy atom. The zero-order valence-corrected chi connectivity index (χ0v) is 11.9. The Morgan fingerprint density at radius 1 is 1.25 bits per heavy atom. The molecule has 0 amide bonds. The highest BCUT2D eigenvalue weighted by Crippen LogP contribution is 2.24. The van der Waals surface area contributed by atoms with Gasteiger partial charge in [0.1, 0.15) is 5.75 Å². The molecule has 1 aromatic rings. The van der Waals surface area contributed by atoms with Crippen LogP contribution in [0.5, 0.6) is 5.75 Å². The Labute approximate surface area is 117 Å². The zero-order valence-electron chi connectivity index (χ0n) is 11.9. The van der Waals surface area contributed by atoms with E-state index in [9.17, 15) is 13.2 Å². The Hall–Kier alpha value is -1.27. The van der Waals surface area contributed by atoms with Crippen molar-refractivity contribution in [1.29, 1.82) is 0 Å². The molecule has 0 aliphatic carbocycles. The van der Waals surface area contributed by atoms with E-state index in [0.29, 0.717) is 13.2 Å². The standard InChI is InChI=1S/C14H20F3NO2/c1-11(2)18(7-8-19-3)10-12-5-4-6-13(9-12)20-14(15,16)17/h4-6,9,11H,7-8,10H2,1-3H3. The summed E-state index contributed by atoms with van der Waals surface area (Å²) in [6, 6.07) is 6.33. The van der Waals surface area contributed by atoms with E-state index in [1.54, 1.807) is 19.2 Å². The molecule has 1 rings (SSSR count). The van der Waals surface area contributed by atoms with Gasteiger partial charge in [-0.15, -0.1) is 13.2 Å². The Balaban J connectivity index is 2.72. The predicted molar refractivity (Wildman–Crippen MR) is 70.5 cm³/mol. The van der Waals surface area contributed by atoms with Gasteiger partial charge in [0.25, 0.3) is 0 Å². The average Bonchev–Trinajstić information content (AvgIpc) is 2.32. The van der Waals surface area contributed by atoms with E-state index < -0.39 is 6.36 Å². The number of benzene rings is 1. The zero-order chi connectivity index (χ0) is 15.2. The molecule has 1 aromatic carbocycles. The van der Waals surface area contributed by atoms with Gasteiger partial charge in [-0.1, -0.05) is 12.1 Å². The lowest BCUT2D eigenvalue weighted by Crippen LogP contribution is -2.33. The van der Waals surface area contributed by atoms with Crippen LogP contribution in [-0.4, -0.2) is 37.6 Å². The Bertz CT molecular complexity index is 408. The monoisotopic (exact) mass is 291 g/mol. The lowest BCUT2D eigenvalue weighted by Gasteiger charge is -2.26. The summed E-state index contributed by atoms with van der Waals surface area (Å²) in [6.07, 6.45) is -4.66.